The molecule has 0 atom stereocenters. The molecule has 1 aliphatic rings. The van der Waals surface area contributed by atoms with Crippen molar-refractivity contribution in [3.63, 3.8) is 0 Å². The number of hydrogen-bond acceptors (Lipinski definition) is 6. The first-order valence-corrected chi connectivity index (χ1v) is 11.4. The molecule has 0 bridgehead atoms. The number of nitrogens with zero attached hydrogens (tertiary/aromatic N) is 5. The summed E-state index contributed by atoms with van der Waals surface area (Å²) in [6, 6.07) is 5.21. The number of aromatic nitrogens is 1. The Bertz CT molecular complexity index is 1040. The molecule has 2 aromatic rings. The fourth-order valence-electron chi connectivity index (χ4n) is 3.19. The summed E-state index contributed by atoms with van der Waals surface area (Å²) < 4.78 is 13.0. The van der Waals surface area contributed by atoms with Crippen molar-refractivity contribution in [2.24, 2.45) is 9.98 Å². The van der Waals surface area contributed by atoms with Gasteiger partial charge in [-0.1, -0.05) is 32.4 Å². The van der Waals surface area contributed by atoms with Crippen LogP contribution in [-0.2, 0) is 16.7 Å². The number of ether oxygens (including phenoxy) is 2. The number of nitriles is 1. The number of rotatable bonds is 5. The summed E-state index contributed by atoms with van der Waals surface area (Å²) in [7, 11) is 1.57. The van der Waals surface area contributed by atoms with Crippen molar-refractivity contribution < 1.29 is 9.47 Å². The van der Waals surface area contributed by atoms with E-state index in [1.807, 2.05) is 6.19 Å². The van der Waals surface area contributed by atoms with Crippen molar-refractivity contribution >= 4 is 28.8 Å². The summed E-state index contributed by atoms with van der Waals surface area (Å²) in [6.45, 7) is 11.6. The number of hydrogen-bond donors (Lipinski definition) is 0. The van der Waals surface area contributed by atoms with Gasteiger partial charge in [0.15, 0.2) is 10.6 Å². The van der Waals surface area contributed by atoms with Crippen LogP contribution in [0.5, 0.6) is 5.75 Å². The van der Waals surface area contributed by atoms with Crippen LogP contribution in [0, 0.1) is 11.5 Å². The first-order valence-electron chi connectivity index (χ1n) is 10.2. The van der Waals surface area contributed by atoms with E-state index in [1.165, 1.54) is 4.88 Å². The zero-order valence-electron chi connectivity index (χ0n) is 18.4. The van der Waals surface area contributed by atoms with E-state index in [0.29, 0.717) is 16.3 Å². The maximum atomic E-state index is 9.29. The second-order valence-corrected chi connectivity index (χ2v) is 9.71. The number of morpholine rings is 1. The molecule has 3 rings (SSSR count). The molecule has 1 fully saturated rings. The molecular formula is C22H28ClN5O2S. The quantitative estimate of drug-likeness (QED) is 0.387. The van der Waals surface area contributed by atoms with Crippen molar-refractivity contribution in [3.05, 3.63) is 44.7 Å². The molecule has 31 heavy (non-hydrogen) atoms. The van der Waals surface area contributed by atoms with Gasteiger partial charge in [-0.25, -0.2) is 0 Å². The summed E-state index contributed by atoms with van der Waals surface area (Å²) in [6.07, 6.45) is 4.02. The Balaban J connectivity index is 2.03. The highest BCUT2D eigenvalue weighted by Gasteiger charge is 2.19. The lowest BCUT2D eigenvalue weighted by molar-refractivity contribution is 0.0363. The van der Waals surface area contributed by atoms with Crippen LogP contribution in [0.15, 0.2) is 34.4 Å². The zero-order valence-corrected chi connectivity index (χ0v) is 20.0. The third-order valence-electron chi connectivity index (χ3n) is 4.98. The van der Waals surface area contributed by atoms with Gasteiger partial charge in [0.25, 0.3) is 0 Å². The van der Waals surface area contributed by atoms with Crippen molar-refractivity contribution in [2.45, 2.75) is 32.7 Å². The maximum Gasteiger partial charge on any atom is 0.207 e. The third-order valence-corrected chi connectivity index (χ3v) is 6.66. The number of aliphatic imine (C=N–C) groups is 1. The Morgan fingerprint density at radius 1 is 1.29 bits per heavy atom. The lowest BCUT2D eigenvalue weighted by Crippen LogP contribution is -2.38. The molecule has 0 spiro atoms. The molecule has 0 amide bonds. The normalized spacial score (nSPS) is 16.4. The summed E-state index contributed by atoms with van der Waals surface area (Å²) in [5.74, 6) is 0.846. The minimum absolute atomic E-state index is 0.0145. The first-order chi connectivity index (χ1) is 14.8. The van der Waals surface area contributed by atoms with Gasteiger partial charge in [-0.2, -0.15) is 15.2 Å². The molecule has 1 aromatic heterocycles. The van der Waals surface area contributed by atoms with Gasteiger partial charge in [-0.05, 0) is 23.6 Å². The maximum absolute atomic E-state index is 9.29. The van der Waals surface area contributed by atoms with Crippen LogP contribution in [-0.4, -0.2) is 55.3 Å². The predicted molar refractivity (Wildman–Crippen MR) is 124 cm³/mol. The average molecular weight is 462 g/mol. The van der Waals surface area contributed by atoms with Crippen molar-refractivity contribution in [2.75, 3.05) is 40.0 Å². The molecule has 0 unspecified atom stereocenters. The second-order valence-electron chi connectivity index (χ2n) is 8.27. The molecule has 0 radical (unpaired) electrons. The average Bonchev–Trinajstić information content (AvgIpc) is 3.16. The van der Waals surface area contributed by atoms with Crippen LogP contribution in [0.1, 0.15) is 31.2 Å². The highest BCUT2D eigenvalue weighted by atomic mass is 35.5. The molecule has 0 saturated carbocycles. The summed E-state index contributed by atoms with van der Waals surface area (Å²) in [4.78, 5) is 13.2. The van der Waals surface area contributed by atoms with E-state index < -0.39 is 0 Å². The third kappa shape index (κ3) is 6.17. The highest BCUT2D eigenvalue weighted by molar-refractivity contribution is 7.09. The molecule has 0 aliphatic carbocycles. The van der Waals surface area contributed by atoms with Crippen LogP contribution in [0.4, 0.5) is 0 Å². The van der Waals surface area contributed by atoms with Crippen molar-refractivity contribution in [1.82, 2.24) is 9.47 Å². The molecule has 1 saturated heterocycles. The largest absolute Gasteiger partial charge is 0.496 e. The number of benzene rings is 1. The molecule has 1 aliphatic heterocycles. The van der Waals surface area contributed by atoms with Crippen LogP contribution in [0.2, 0.25) is 5.02 Å². The summed E-state index contributed by atoms with van der Waals surface area (Å²) in [5, 5.41) is 9.82. The van der Waals surface area contributed by atoms with Gasteiger partial charge in [0.2, 0.25) is 6.19 Å². The fourth-order valence-corrected chi connectivity index (χ4v) is 4.43. The highest BCUT2D eigenvalue weighted by Crippen LogP contribution is 2.26. The van der Waals surface area contributed by atoms with E-state index in [1.54, 1.807) is 36.6 Å². The van der Waals surface area contributed by atoms with Gasteiger partial charge >= 0.3 is 0 Å². The number of thiazole rings is 1. The SMILES string of the molecule is COc1ccc(Cl)cc1C(=NC#N)/N=c1\sc(C(C)(C)C)cn1CCN1CCOCC1. The molecule has 1 aromatic carbocycles. The van der Waals surface area contributed by atoms with E-state index in [9.17, 15) is 5.26 Å². The lowest BCUT2D eigenvalue weighted by atomic mass is 9.95. The van der Waals surface area contributed by atoms with Crippen molar-refractivity contribution in [3.8, 4) is 11.9 Å². The number of halogens is 1. The van der Waals surface area contributed by atoms with Crippen LogP contribution in [0.3, 0.4) is 0 Å². The van der Waals surface area contributed by atoms with Gasteiger partial charge in [0.05, 0.1) is 25.9 Å². The minimum atomic E-state index is -0.0145. The lowest BCUT2D eigenvalue weighted by Gasteiger charge is -2.26. The predicted octanol–water partition coefficient (Wildman–Crippen LogP) is 3.67. The molecule has 0 N–H and O–H groups in total. The van der Waals surface area contributed by atoms with Crippen LogP contribution in [0.25, 0.3) is 0 Å². The Hall–Kier alpha value is -2.18. The number of methoxy groups -OCH3 is 1. The van der Waals surface area contributed by atoms with Gasteiger partial charge in [-0.15, -0.1) is 11.3 Å². The van der Waals surface area contributed by atoms with E-state index >= 15 is 0 Å². The Morgan fingerprint density at radius 2 is 2.03 bits per heavy atom. The zero-order chi connectivity index (χ0) is 22.4. The van der Waals surface area contributed by atoms with E-state index in [-0.39, 0.29) is 11.3 Å². The molecular weight excluding hydrogens is 434 g/mol. The molecule has 2 heterocycles. The molecule has 166 valence electrons. The molecule has 7 nitrogen and oxygen atoms in total. The van der Waals surface area contributed by atoms with E-state index in [2.05, 4.69) is 41.4 Å². The van der Waals surface area contributed by atoms with Crippen molar-refractivity contribution in [1.29, 1.82) is 5.26 Å². The fraction of sp³-hybridized carbons (Fsp3) is 0.500. The number of amidine groups is 1. The second kappa shape index (κ2) is 10.4. The first kappa shape index (κ1) is 23.5. The Morgan fingerprint density at radius 3 is 2.68 bits per heavy atom. The minimum Gasteiger partial charge on any atom is -0.496 e. The Kier molecular flexibility index (Phi) is 7.89. The van der Waals surface area contributed by atoms with Crippen LogP contribution < -0.4 is 9.54 Å². The summed E-state index contributed by atoms with van der Waals surface area (Å²) >= 11 is 7.81. The van der Waals surface area contributed by atoms with E-state index in [0.717, 1.165) is 44.2 Å². The Labute approximate surface area is 192 Å². The van der Waals surface area contributed by atoms with Gasteiger partial charge in [0, 0.05) is 42.3 Å². The van der Waals surface area contributed by atoms with Gasteiger partial charge in [-0.3, -0.25) is 4.90 Å². The molecule has 9 heteroatoms. The topological polar surface area (TPSA) is 75.1 Å². The monoisotopic (exact) mass is 461 g/mol. The summed E-state index contributed by atoms with van der Waals surface area (Å²) in [5.41, 5.74) is 0.571. The van der Waals surface area contributed by atoms with E-state index in [4.69, 9.17) is 26.1 Å². The van der Waals surface area contributed by atoms with Gasteiger partial charge < -0.3 is 14.0 Å². The van der Waals surface area contributed by atoms with Crippen LogP contribution >= 0.6 is 22.9 Å². The standard InChI is InChI=1S/C22H28ClN5O2S/c1-22(2,3)19-14-28(8-7-27-9-11-30-12-10-27)21(31-19)26-20(25-15-24)17-13-16(23)5-6-18(17)29-4/h5-6,13-14H,7-12H2,1-4H3/b25-20?,26-21-. The smallest absolute Gasteiger partial charge is 0.207 e. The van der Waals surface area contributed by atoms with Gasteiger partial charge in [0.1, 0.15) is 5.75 Å².